The van der Waals surface area contributed by atoms with Crippen LogP contribution in [0.3, 0.4) is 0 Å². The van der Waals surface area contributed by atoms with Crippen molar-refractivity contribution < 1.29 is 9.18 Å². The van der Waals surface area contributed by atoms with Crippen LogP contribution >= 0.6 is 0 Å². The van der Waals surface area contributed by atoms with Gasteiger partial charge in [-0.3, -0.25) is 9.69 Å². The topological polar surface area (TPSA) is 47.6 Å². The van der Waals surface area contributed by atoms with Gasteiger partial charge in [0.05, 0.1) is 0 Å². The van der Waals surface area contributed by atoms with E-state index in [0.29, 0.717) is 6.42 Å². The molecule has 23 heavy (non-hydrogen) atoms. The van der Waals surface area contributed by atoms with Gasteiger partial charge in [0.1, 0.15) is 5.82 Å². The van der Waals surface area contributed by atoms with Crippen molar-refractivity contribution >= 4 is 5.91 Å². The summed E-state index contributed by atoms with van der Waals surface area (Å²) in [7, 11) is 0. The molecule has 1 atom stereocenters. The van der Waals surface area contributed by atoms with Gasteiger partial charge in [-0.2, -0.15) is 0 Å². The minimum absolute atomic E-state index is 0.135. The number of amides is 1. The first-order valence-electron chi connectivity index (χ1n) is 8.43. The molecule has 2 fully saturated rings. The van der Waals surface area contributed by atoms with Crippen LogP contribution in [0.25, 0.3) is 0 Å². The molecule has 126 valence electrons. The van der Waals surface area contributed by atoms with Gasteiger partial charge < -0.3 is 15.5 Å². The van der Waals surface area contributed by atoms with Crippen LogP contribution in [0.1, 0.15) is 18.0 Å². The Morgan fingerprint density at radius 3 is 2.74 bits per heavy atom. The fourth-order valence-electron chi connectivity index (χ4n) is 3.37. The Morgan fingerprint density at radius 2 is 1.96 bits per heavy atom. The first-order valence-corrected chi connectivity index (χ1v) is 8.43. The number of benzene rings is 1. The number of hydrogen-bond donors (Lipinski definition) is 2. The van der Waals surface area contributed by atoms with Gasteiger partial charge in [0, 0.05) is 64.8 Å². The van der Waals surface area contributed by atoms with Gasteiger partial charge in [-0.05, 0) is 17.7 Å². The quantitative estimate of drug-likeness (QED) is 0.853. The second kappa shape index (κ2) is 7.86. The molecule has 1 aromatic carbocycles. The van der Waals surface area contributed by atoms with Gasteiger partial charge in [0.15, 0.2) is 0 Å². The number of carbonyl (C=O) groups is 1. The SMILES string of the molecule is O=C(CCN1CCNCC1c1cccc(F)c1)N1CCNCC1. The third-order valence-electron chi connectivity index (χ3n) is 4.67. The molecule has 0 spiro atoms. The predicted molar refractivity (Wildman–Crippen MR) is 87.7 cm³/mol. The number of hydrogen-bond acceptors (Lipinski definition) is 4. The fourth-order valence-corrected chi connectivity index (χ4v) is 3.37. The Labute approximate surface area is 136 Å². The second-order valence-electron chi connectivity index (χ2n) is 6.19. The molecular formula is C17H25FN4O. The Balaban J connectivity index is 1.59. The molecule has 2 aliphatic rings. The van der Waals surface area contributed by atoms with Crippen LogP contribution in [0, 0.1) is 5.82 Å². The maximum Gasteiger partial charge on any atom is 0.223 e. The monoisotopic (exact) mass is 320 g/mol. The van der Waals surface area contributed by atoms with Gasteiger partial charge in [-0.15, -0.1) is 0 Å². The molecule has 2 heterocycles. The van der Waals surface area contributed by atoms with Crippen LogP contribution in [0.2, 0.25) is 0 Å². The van der Waals surface area contributed by atoms with Crippen molar-refractivity contribution in [3.63, 3.8) is 0 Å². The van der Waals surface area contributed by atoms with Crippen LogP contribution in [-0.2, 0) is 4.79 Å². The van der Waals surface area contributed by atoms with E-state index in [9.17, 15) is 9.18 Å². The van der Waals surface area contributed by atoms with Crippen molar-refractivity contribution in [2.45, 2.75) is 12.5 Å². The number of rotatable bonds is 4. The van der Waals surface area contributed by atoms with Crippen LogP contribution in [0.4, 0.5) is 4.39 Å². The summed E-state index contributed by atoms with van der Waals surface area (Å²) in [4.78, 5) is 16.6. The van der Waals surface area contributed by atoms with E-state index < -0.39 is 0 Å². The molecule has 1 amide bonds. The second-order valence-corrected chi connectivity index (χ2v) is 6.19. The first-order chi connectivity index (χ1) is 11.2. The molecular weight excluding hydrogens is 295 g/mol. The number of nitrogens with zero attached hydrogens (tertiary/aromatic N) is 2. The van der Waals surface area contributed by atoms with Gasteiger partial charge in [0.2, 0.25) is 5.91 Å². The van der Waals surface area contributed by atoms with E-state index in [0.717, 1.165) is 57.9 Å². The molecule has 0 aromatic heterocycles. The van der Waals surface area contributed by atoms with E-state index in [1.807, 2.05) is 11.0 Å². The molecule has 0 bridgehead atoms. The molecule has 0 saturated carbocycles. The number of halogens is 1. The molecule has 2 aliphatic heterocycles. The van der Waals surface area contributed by atoms with Gasteiger partial charge in [-0.1, -0.05) is 12.1 Å². The summed E-state index contributed by atoms with van der Waals surface area (Å²) >= 11 is 0. The summed E-state index contributed by atoms with van der Waals surface area (Å²) in [5, 5.41) is 6.63. The van der Waals surface area contributed by atoms with Crippen molar-refractivity contribution in [2.24, 2.45) is 0 Å². The van der Waals surface area contributed by atoms with Gasteiger partial charge in [-0.25, -0.2) is 4.39 Å². The largest absolute Gasteiger partial charge is 0.340 e. The smallest absolute Gasteiger partial charge is 0.223 e. The molecule has 6 heteroatoms. The lowest BCUT2D eigenvalue weighted by Gasteiger charge is -2.37. The van der Waals surface area contributed by atoms with E-state index in [1.54, 1.807) is 12.1 Å². The highest BCUT2D eigenvalue weighted by atomic mass is 19.1. The summed E-state index contributed by atoms with van der Waals surface area (Å²) in [6.45, 7) is 6.68. The summed E-state index contributed by atoms with van der Waals surface area (Å²) in [6, 6.07) is 6.92. The number of piperazine rings is 2. The highest BCUT2D eigenvalue weighted by Crippen LogP contribution is 2.23. The standard InChI is InChI=1S/C17H25FN4O/c18-15-3-1-2-14(12-15)16-13-20-7-9-21(16)8-4-17(23)22-10-5-19-6-11-22/h1-3,12,16,19-20H,4-11,13H2. The Hall–Kier alpha value is -1.50. The average molecular weight is 320 g/mol. The highest BCUT2D eigenvalue weighted by Gasteiger charge is 2.25. The van der Waals surface area contributed by atoms with Crippen molar-refractivity contribution in [1.29, 1.82) is 0 Å². The van der Waals surface area contributed by atoms with Crippen LogP contribution in [-0.4, -0.2) is 68.1 Å². The van der Waals surface area contributed by atoms with E-state index in [-0.39, 0.29) is 17.8 Å². The zero-order valence-corrected chi connectivity index (χ0v) is 13.4. The van der Waals surface area contributed by atoms with E-state index in [4.69, 9.17) is 0 Å². The molecule has 0 aliphatic carbocycles. The van der Waals surface area contributed by atoms with Gasteiger partial charge in [0.25, 0.3) is 0 Å². The molecule has 2 saturated heterocycles. The number of nitrogens with one attached hydrogen (secondary N) is 2. The highest BCUT2D eigenvalue weighted by molar-refractivity contribution is 5.76. The van der Waals surface area contributed by atoms with Crippen molar-refractivity contribution in [3.05, 3.63) is 35.6 Å². The Morgan fingerprint density at radius 1 is 1.17 bits per heavy atom. The molecule has 1 unspecified atom stereocenters. The van der Waals surface area contributed by atoms with Crippen LogP contribution in [0.15, 0.2) is 24.3 Å². The maximum absolute atomic E-state index is 13.5. The summed E-state index contributed by atoms with van der Waals surface area (Å²) in [5.41, 5.74) is 0.979. The zero-order chi connectivity index (χ0) is 16.1. The molecule has 3 rings (SSSR count). The predicted octanol–water partition coefficient (Wildman–Crippen LogP) is 0.594. The Bertz CT molecular complexity index is 533. The lowest BCUT2D eigenvalue weighted by Crippen LogP contribution is -2.49. The average Bonchev–Trinajstić information content (AvgIpc) is 2.60. The van der Waals surface area contributed by atoms with Crippen molar-refractivity contribution in [2.75, 3.05) is 52.4 Å². The lowest BCUT2D eigenvalue weighted by molar-refractivity contribution is -0.132. The number of carbonyl (C=O) groups excluding carboxylic acids is 1. The lowest BCUT2D eigenvalue weighted by atomic mass is 10.0. The third kappa shape index (κ3) is 4.28. The van der Waals surface area contributed by atoms with Gasteiger partial charge >= 0.3 is 0 Å². The fraction of sp³-hybridized carbons (Fsp3) is 0.588. The Kier molecular flexibility index (Phi) is 5.59. The minimum Gasteiger partial charge on any atom is -0.340 e. The summed E-state index contributed by atoms with van der Waals surface area (Å²) < 4.78 is 13.5. The van der Waals surface area contributed by atoms with Crippen molar-refractivity contribution in [3.8, 4) is 0 Å². The van der Waals surface area contributed by atoms with E-state index >= 15 is 0 Å². The van der Waals surface area contributed by atoms with E-state index in [1.165, 1.54) is 6.07 Å². The van der Waals surface area contributed by atoms with E-state index in [2.05, 4.69) is 15.5 Å². The third-order valence-corrected chi connectivity index (χ3v) is 4.67. The van der Waals surface area contributed by atoms with Crippen molar-refractivity contribution in [1.82, 2.24) is 20.4 Å². The van der Waals surface area contributed by atoms with Crippen LogP contribution < -0.4 is 10.6 Å². The molecule has 0 radical (unpaired) electrons. The molecule has 1 aromatic rings. The van der Waals surface area contributed by atoms with Crippen LogP contribution in [0.5, 0.6) is 0 Å². The molecule has 2 N–H and O–H groups in total. The molecule has 5 nitrogen and oxygen atoms in total. The summed E-state index contributed by atoms with van der Waals surface area (Å²) in [6.07, 6.45) is 0.534. The zero-order valence-electron chi connectivity index (χ0n) is 13.4. The first kappa shape index (κ1) is 16.4. The maximum atomic E-state index is 13.5. The normalized spacial score (nSPS) is 23.0. The minimum atomic E-state index is -0.204. The summed E-state index contributed by atoms with van der Waals surface area (Å²) in [5.74, 6) is 0.0212.